The van der Waals surface area contributed by atoms with Crippen LogP contribution in [0.2, 0.25) is 0 Å². The minimum Gasteiger partial charge on any atom is -0.465 e. The molecule has 0 aliphatic carbocycles. The third-order valence-electron chi connectivity index (χ3n) is 5.05. The Morgan fingerprint density at radius 1 is 1.25 bits per heavy atom. The molecular weight excluding hydrogens is 302 g/mol. The Balaban J connectivity index is 1.27. The molecule has 5 heteroatoms. The summed E-state index contributed by atoms with van der Waals surface area (Å²) in [5.74, 6) is 2.07. The van der Waals surface area contributed by atoms with E-state index in [-0.39, 0.29) is 0 Å². The van der Waals surface area contributed by atoms with Crippen LogP contribution in [0.1, 0.15) is 23.5 Å². The molecule has 0 aromatic carbocycles. The van der Waals surface area contributed by atoms with E-state index in [4.69, 9.17) is 9.15 Å². The van der Waals surface area contributed by atoms with Gasteiger partial charge in [-0.3, -0.25) is 14.8 Å². The number of piperazine rings is 1. The van der Waals surface area contributed by atoms with Crippen molar-refractivity contribution in [3.05, 3.63) is 53.7 Å². The Hall–Kier alpha value is -1.69. The highest BCUT2D eigenvalue weighted by molar-refractivity contribution is 5.07. The number of aryl methyl sites for hydroxylation is 1. The molecule has 0 unspecified atom stereocenters. The highest BCUT2D eigenvalue weighted by atomic mass is 16.5. The fourth-order valence-corrected chi connectivity index (χ4v) is 3.81. The molecule has 128 valence electrons. The zero-order valence-electron chi connectivity index (χ0n) is 14.2. The molecule has 24 heavy (non-hydrogen) atoms. The molecule has 0 radical (unpaired) electrons. The third kappa shape index (κ3) is 3.69. The second-order valence-electron chi connectivity index (χ2n) is 6.93. The second-order valence-corrected chi connectivity index (χ2v) is 6.93. The SMILES string of the molecule is Cc1ccc(CN2CCN3C[C@H](OCc4cccnc4)C[C@H]3C2)o1. The average molecular weight is 327 g/mol. The number of fused-ring (bicyclic) bond motifs is 1. The van der Waals surface area contributed by atoms with Crippen LogP contribution in [0, 0.1) is 6.92 Å². The first-order chi connectivity index (χ1) is 11.8. The van der Waals surface area contributed by atoms with Crippen molar-refractivity contribution in [2.75, 3.05) is 26.2 Å². The Morgan fingerprint density at radius 2 is 2.21 bits per heavy atom. The van der Waals surface area contributed by atoms with Crippen molar-refractivity contribution >= 4 is 0 Å². The van der Waals surface area contributed by atoms with Gasteiger partial charge in [-0.15, -0.1) is 0 Å². The lowest BCUT2D eigenvalue weighted by atomic mass is 10.1. The molecule has 2 aromatic rings. The van der Waals surface area contributed by atoms with Crippen LogP contribution in [-0.4, -0.2) is 53.1 Å². The summed E-state index contributed by atoms with van der Waals surface area (Å²) in [6.07, 6.45) is 5.14. The first-order valence-corrected chi connectivity index (χ1v) is 8.78. The second kappa shape index (κ2) is 7.05. The van der Waals surface area contributed by atoms with Gasteiger partial charge >= 0.3 is 0 Å². The lowest BCUT2D eigenvalue weighted by molar-refractivity contribution is 0.0455. The van der Waals surface area contributed by atoms with Crippen molar-refractivity contribution in [2.24, 2.45) is 0 Å². The Morgan fingerprint density at radius 3 is 3.00 bits per heavy atom. The van der Waals surface area contributed by atoms with Gasteiger partial charge in [0.15, 0.2) is 0 Å². The highest BCUT2D eigenvalue weighted by Gasteiger charge is 2.36. The zero-order valence-corrected chi connectivity index (χ0v) is 14.2. The summed E-state index contributed by atoms with van der Waals surface area (Å²) in [4.78, 5) is 9.23. The summed E-state index contributed by atoms with van der Waals surface area (Å²) >= 11 is 0. The number of pyridine rings is 1. The highest BCUT2D eigenvalue weighted by Crippen LogP contribution is 2.25. The number of nitrogens with zero attached hydrogens (tertiary/aromatic N) is 3. The van der Waals surface area contributed by atoms with Crippen molar-refractivity contribution in [2.45, 2.75) is 38.6 Å². The molecule has 0 saturated carbocycles. The number of rotatable bonds is 5. The monoisotopic (exact) mass is 327 g/mol. The van der Waals surface area contributed by atoms with Crippen LogP contribution in [0.3, 0.4) is 0 Å². The molecule has 2 fully saturated rings. The smallest absolute Gasteiger partial charge is 0.118 e. The van der Waals surface area contributed by atoms with Crippen molar-refractivity contribution in [1.29, 1.82) is 0 Å². The summed E-state index contributed by atoms with van der Waals surface area (Å²) in [7, 11) is 0. The van der Waals surface area contributed by atoms with Crippen molar-refractivity contribution in [3.63, 3.8) is 0 Å². The fourth-order valence-electron chi connectivity index (χ4n) is 3.81. The van der Waals surface area contributed by atoms with E-state index >= 15 is 0 Å². The quantitative estimate of drug-likeness (QED) is 0.844. The molecule has 2 aromatic heterocycles. The molecule has 2 aliphatic rings. The molecule has 4 rings (SSSR count). The summed E-state index contributed by atoms with van der Waals surface area (Å²) in [6, 6.07) is 8.78. The van der Waals surface area contributed by atoms with Crippen LogP contribution >= 0.6 is 0 Å². The molecule has 5 nitrogen and oxygen atoms in total. The van der Waals surface area contributed by atoms with E-state index in [1.165, 1.54) is 0 Å². The number of hydrogen-bond acceptors (Lipinski definition) is 5. The largest absolute Gasteiger partial charge is 0.465 e. The maximum atomic E-state index is 6.12. The summed E-state index contributed by atoms with van der Waals surface area (Å²) in [6.45, 7) is 7.96. The lowest BCUT2D eigenvalue weighted by Gasteiger charge is -2.36. The van der Waals surface area contributed by atoms with Crippen LogP contribution in [0.25, 0.3) is 0 Å². The van der Waals surface area contributed by atoms with Gasteiger partial charge in [0.25, 0.3) is 0 Å². The number of hydrogen-bond donors (Lipinski definition) is 0. The topological polar surface area (TPSA) is 41.7 Å². The molecule has 0 bridgehead atoms. The molecule has 2 aliphatic heterocycles. The van der Waals surface area contributed by atoms with Crippen LogP contribution in [-0.2, 0) is 17.9 Å². The van der Waals surface area contributed by atoms with Crippen molar-refractivity contribution in [1.82, 2.24) is 14.8 Å². The third-order valence-corrected chi connectivity index (χ3v) is 5.05. The lowest BCUT2D eigenvalue weighted by Crippen LogP contribution is -2.49. The molecule has 0 amide bonds. The molecule has 2 atom stereocenters. The summed E-state index contributed by atoms with van der Waals surface area (Å²) in [5, 5.41) is 0. The van der Waals surface area contributed by atoms with E-state index in [9.17, 15) is 0 Å². The maximum Gasteiger partial charge on any atom is 0.118 e. The molecule has 2 saturated heterocycles. The van der Waals surface area contributed by atoms with E-state index in [1.807, 2.05) is 25.3 Å². The van der Waals surface area contributed by atoms with Gasteiger partial charge in [-0.2, -0.15) is 0 Å². The van der Waals surface area contributed by atoms with Gasteiger partial charge in [-0.25, -0.2) is 0 Å². The van der Waals surface area contributed by atoms with E-state index in [1.54, 1.807) is 6.20 Å². The summed E-state index contributed by atoms with van der Waals surface area (Å²) < 4.78 is 11.8. The van der Waals surface area contributed by atoms with E-state index in [0.717, 1.165) is 56.2 Å². The van der Waals surface area contributed by atoms with E-state index in [0.29, 0.717) is 18.8 Å². The van der Waals surface area contributed by atoms with Gasteiger partial charge in [0.2, 0.25) is 0 Å². The number of ether oxygens (including phenoxy) is 1. The molecule has 0 N–H and O–H groups in total. The Kier molecular flexibility index (Phi) is 4.65. The fraction of sp³-hybridized carbons (Fsp3) is 0.526. The van der Waals surface area contributed by atoms with Gasteiger partial charge in [0, 0.05) is 44.6 Å². The van der Waals surface area contributed by atoms with Gasteiger partial charge in [0.05, 0.1) is 19.3 Å². The molecule has 0 spiro atoms. The first-order valence-electron chi connectivity index (χ1n) is 8.78. The van der Waals surface area contributed by atoms with E-state index in [2.05, 4.69) is 26.9 Å². The predicted molar refractivity (Wildman–Crippen MR) is 91.5 cm³/mol. The van der Waals surface area contributed by atoms with Crippen molar-refractivity contribution in [3.8, 4) is 0 Å². The van der Waals surface area contributed by atoms with Gasteiger partial charge in [-0.05, 0) is 37.1 Å². The number of aromatic nitrogens is 1. The molecular formula is C19H25N3O2. The maximum absolute atomic E-state index is 6.12. The van der Waals surface area contributed by atoms with Crippen LogP contribution in [0.4, 0.5) is 0 Å². The minimum atomic E-state index is 0.334. The van der Waals surface area contributed by atoms with Crippen LogP contribution < -0.4 is 0 Å². The predicted octanol–water partition coefficient (Wildman–Crippen LogP) is 2.46. The van der Waals surface area contributed by atoms with Crippen LogP contribution in [0.5, 0.6) is 0 Å². The molecule has 4 heterocycles. The Labute approximate surface area is 143 Å². The zero-order chi connectivity index (χ0) is 16.4. The van der Waals surface area contributed by atoms with Crippen molar-refractivity contribution < 1.29 is 9.15 Å². The average Bonchev–Trinajstić information content (AvgIpc) is 3.19. The minimum absolute atomic E-state index is 0.334. The Bertz CT molecular complexity index is 658. The van der Waals surface area contributed by atoms with Crippen LogP contribution in [0.15, 0.2) is 41.1 Å². The summed E-state index contributed by atoms with van der Waals surface area (Å²) in [5.41, 5.74) is 1.15. The standard InChI is InChI=1S/C19H25N3O2/c1-15-4-5-18(24-15)12-21-7-8-22-13-19(9-17(22)11-21)23-14-16-3-2-6-20-10-16/h2-6,10,17,19H,7-9,11-14H2,1H3/t17-,19+/m0/s1. The van der Waals surface area contributed by atoms with Gasteiger partial charge in [0.1, 0.15) is 11.5 Å². The normalized spacial score (nSPS) is 25.0. The van der Waals surface area contributed by atoms with Gasteiger partial charge < -0.3 is 9.15 Å². The van der Waals surface area contributed by atoms with E-state index < -0.39 is 0 Å². The number of furan rings is 1. The van der Waals surface area contributed by atoms with Gasteiger partial charge in [-0.1, -0.05) is 6.07 Å². The first kappa shape index (κ1) is 15.8.